The number of carbonyl (C=O) groups excluding carboxylic acids is 1. The van der Waals surface area contributed by atoms with E-state index in [0.717, 1.165) is 18.5 Å². The molecule has 0 atom stereocenters. The lowest BCUT2D eigenvalue weighted by Gasteiger charge is -2.19. The Labute approximate surface area is 138 Å². The molecular formula is C16H29N3O2S. The van der Waals surface area contributed by atoms with E-state index in [1.54, 1.807) is 16.4 Å². The van der Waals surface area contributed by atoms with Crippen molar-refractivity contribution in [1.82, 2.24) is 15.0 Å². The van der Waals surface area contributed by atoms with Gasteiger partial charge >= 0.3 is 0 Å². The van der Waals surface area contributed by atoms with Crippen LogP contribution in [0, 0.1) is 5.41 Å². The monoisotopic (exact) mass is 327 g/mol. The van der Waals surface area contributed by atoms with Crippen molar-refractivity contribution in [1.29, 1.82) is 0 Å². The van der Waals surface area contributed by atoms with Crippen molar-refractivity contribution in [2.75, 3.05) is 19.5 Å². The van der Waals surface area contributed by atoms with Crippen LogP contribution in [0.4, 0.5) is 0 Å². The third-order valence-corrected chi connectivity index (χ3v) is 4.85. The van der Waals surface area contributed by atoms with Gasteiger partial charge in [0.05, 0.1) is 23.6 Å². The van der Waals surface area contributed by atoms with Crippen LogP contribution in [-0.2, 0) is 22.5 Å². The van der Waals surface area contributed by atoms with E-state index in [1.165, 1.54) is 0 Å². The van der Waals surface area contributed by atoms with Crippen LogP contribution < -0.4 is 0 Å². The van der Waals surface area contributed by atoms with Crippen LogP contribution in [0.25, 0.3) is 0 Å². The highest BCUT2D eigenvalue weighted by Gasteiger charge is 2.25. The molecule has 0 amide bonds. The first kappa shape index (κ1) is 19.2. The highest BCUT2D eigenvalue weighted by Crippen LogP contribution is 2.22. The summed E-state index contributed by atoms with van der Waals surface area (Å²) in [6.07, 6.45) is 5.92. The molecule has 22 heavy (non-hydrogen) atoms. The van der Waals surface area contributed by atoms with Crippen LogP contribution in [0.2, 0.25) is 0 Å². The van der Waals surface area contributed by atoms with Gasteiger partial charge in [-0.3, -0.25) is 4.79 Å². The average molecular weight is 327 g/mol. The Morgan fingerprint density at radius 1 is 1.32 bits per heavy atom. The van der Waals surface area contributed by atoms with Gasteiger partial charge in [0.1, 0.15) is 6.61 Å². The molecule has 0 radical (unpaired) electrons. The number of aryl methyl sites for hydroxylation is 1. The predicted octanol–water partition coefficient (Wildman–Crippen LogP) is 2.98. The lowest BCUT2D eigenvalue weighted by molar-refractivity contribution is -0.125. The Kier molecular flexibility index (Phi) is 7.06. The van der Waals surface area contributed by atoms with E-state index in [-0.39, 0.29) is 17.1 Å². The molecule has 0 N–H and O–H groups in total. The number of rotatable bonds is 9. The molecule has 0 saturated heterocycles. The lowest BCUT2D eigenvalue weighted by Crippen LogP contribution is -2.31. The van der Waals surface area contributed by atoms with Crippen molar-refractivity contribution >= 4 is 17.5 Å². The molecule has 5 nitrogen and oxygen atoms in total. The van der Waals surface area contributed by atoms with Gasteiger partial charge in [0.25, 0.3) is 0 Å². The molecule has 0 fully saturated rings. The number of hydrogen-bond donors (Lipinski definition) is 0. The number of thioether (sulfide) groups is 1. The SMILES string of the molecule is CSC(C)(C)C(=O)COCCn1cc(CCC(C)(C)C)nn1. The number of nitrogens with zero attached hydrogens (tertiary/aromatic N) is 3. The van der Waals surface area contributed by atoms with Gasteiger partial charge in [-0.15, -0.1) is 5.10 Å². The first-order chi connectivity index (χ1) is 10.1. The maximum atomic E-state index is 11.9. The molecule has 1 heterocycles. The third-order valence-electron chi connectivity index (χ3n) is 3.60. The van der Waals surface area contributed by atoms with E-state index in [9.17, 15) is 4.79 Å². The molecule has 0 spiro atoms. The zero-order chi connectivity index (χ0) is 16.8. The maximum Gasteiger partial charge on any atom is 0.173 e. The number of aromatic nitrogens is 3. The van der Waals surface area contributed by atoms with Crippen LogP contribution in [0.1, 0.15) is 46.7 Å². The van der Waals surface area contributed by atoms with Crippen molar-refractivity contribution in [2.45, 2.75) is 58.8 Å². The molecule has 6 heteroatoms. The first-order valence-electron chi connectivity index (χ1n) is 7.69. The molecule has 0 aromatic carbocycles. The molecule has 0 aliphatic rings. The summed E-state index contributed by atoms with van der Waals surface area (Å²) >= 11 is 1.54. The summed E-state index contributed by atoms with van der Waals surface area (Å²) in [7, 11) is 0. The predicted molar refractivity (Wildman–Crippen MR) is 91.2 cm³/mol. The van der Waals surface area contributed by atoms with Gasteiger partial charge in [-0.25, -0.2) is 4.68 Å². The highest BCUT2D eigenvalue weighted by atomic mass is 32.2. The van der Waals surface area contributed by atoms with Gasteiger partial charge in [-0.05, 0) is 38.4 Å². The molecule has 0 bridgehead atoms. The Morgan fingerprint density at radius 2 is 2.00 bits per heavy atom. The fraction of sp³-hybridized carbons (Fsp3) is 0.812. The van der Waals surface area contributed by atoms with E-state index < -0.39 is 0 Å². The number of ketones is 1. The fourth-order valence-electron chi connectivity index (χ4n) is 1.68. The number of hydrogen-bond acceptors (Lipinski definition) is 5. The summed E-state index contributed by atoms with van der Waals surface area (Å²) < 4.78 is 6.86. The van der Waals surface area contributed by atoms with Crippen LogP contribution >= 0.6 is 11.8 Å². The lowest BCUT2D eigenvalue weighted by atomic mass is 9.90. The van der Waals surface area contributed by atoms with Crippen LogP contribution in [-0.4, -0.2) is 45.0 Å². The van der Waals surface area contributed by atoms with Gasteiger partial charge in [-0.2, -0.15) is 11.8 Å². The Hall–Kier alpha value is -0.880. The molecule has 1 rings (SSSR count). The average Bonchev–Trinajstić information content (AvgIpc) is 2.88. The largest absolute Gasteiger partial charge is 0.372 e. The van der Waals surface area contributed by atoms with Crippen LogP contribution in [0.15, 0.2) is 6.20 Å². The standard InChI is InChI=1S/C16H29N3O2S/c1-15(2,3)8-7-13-11-19(18-17-13)9-10-21-12-14(20)16(4,5)22-6/h11H,7-10,12H2,1-6H3. The van der Waals surface area contributed by atoms with Crippen molar-refractivity contribution < 1.29 is 9.53 Å². The van der Waals surface area contributed by atoms with E-state index in [2.05, 4.69) is 31.1 Å². The molecule has 1 aromatic heterocycles. The summed E-state index contributed by atoms with van der Waals surface area (Å²) in [6, 6.07) is 0. The second-order valence-corrected chi connectivity index (χ2v) is 8.65. The molecule has 0 saturated carbocycles. The Balaban J connectivity index is 2.29. The van der Waals surface area contributed by atoms with E-state index in [4.69, 9.17) is 4.74 Å². The van der Waals surface area contributed by atoms with E-state index >= 15 is 0 Å². The molecule has 1 aromatic rings. The molecule has 126 valence electrons. The first-order valence-corrected chi connectivity index (χ1v) is 8.92. The fourth-order valence-corrected chi connectivity index (χ4v) is 1.96. The van der Waals surface area contributed by atoms with E-state index in [1.807, 2.05) is 26.3 Å². The van der Waals surface area contributed by atoms with Gasteiger partial charge in [0.15, 0.2) is 5.78 Å². The highest BCUT2D eigenvalue weighted by molar-refractivity contribution is 8.00. The minimum atomic E-state index is -0.382. The number of Topliss-reactive ketones (excluding diaryl/α,β-unsaturated/α-hetero) is 1. The number of carbonyl (C=O) groups is 1. The summed E-state index contributed by atoms with van der Waals surface area (Å²) in [5.74, 6) is 0.115. The van der Waals surface area contributed by atoms with Gasteiger partial charge < -0.3 is 4.74 Å². The summed E-state index contributed by atoms with van der Waals surface area (Å²) in [5.41, 5.74) is 1.31. The zero-order valence-corrected chi connectivity index (χ0v) is 15.5. The second-order valence-electron chi connectivity index (χ2n) is 7.22. The van der Waals surface area contributed by atoms with Crippen molar-refractivity contribution in [2.24, 2.45) is 5.41 Å². The Bertz CT molecular complexity index is 478. The smallest absolute Gasteiger partial charge is 0.173 e. The molecule has 0 aliphatic carbocycles. The minimum Gasteiger partial charge on any atom is -0.372 e. The summed E-state index contributed by atoms with van der Waals surface area (Å²) in [6.45, 7) is 11.7. The van der Waals surface area contributed by atoms with Crippen LogP contribution in [0.3, 0.4) is 0 Å². The van der Waals surface area contributed by atoms with Crippen molar-refractivity contribution in [3.63, 3.8) is 0 Å². The van der Waals surface area contributed by atoms with Gasteiger partial charge in [0.2, 0.25) is 0 Å². The van der Waals surface area contributed by atoms with E-state index in [0.29, 0.717) is 18.6 Å². The number of ether oxygens (including phenoxy) is 1. The summed E-state index contributed by atoms with van der Waals surface area (Å²) in [4.78, 5) is 11.9. The van der Waals surface area contributed by atoms with Gasteiger partial charge in [-0.1, -0.05) is 26.0 Å². The topological polar surface area (TPSA) is 57.0 Å². The normalized spacial score (nSPS) is 12.6. The quantitative estimate of drug-likeness (QED) is 0.653. The minimum absolute atomic E-state index is 0.115. The van der Waals surface area contributed by atoms with Crippen molar-refractivity contribution in [3.05, 3.63) is 11.9 Å². The Morgan fingerprint density at radius 3 is 2.59 bits per heavy atom. The zero-order valence-electron chi connectivity index (χ0n) is 14.7. The maximum absolute atomic E-state index is 11.9. The van der Waals surface area contributed by atoms with Gasteiger partial charge in [0, 0.05) is 6.20 Å². The second kappa shape index (κ2) is 8.11. The molecule has 0 unspecified atom stereocenters. The summed E-state index contributed by atoms with van der Waals surface area (Å²) in [5, 5.41) is 8.27. The molecular weight excluding hydrogens is 298 g/mol. The third kappa shape index (κ3) is 6.92. The van der Waals surface area contributed by atoms with Crippen molar-refractivity contribution in [3.8, 4) is 0 Å². The van der Waals surface area contributed by atoms with Crippen LogP contribution in [0.5, 0.6) is 0 Å². The molecule has 0 aliphatic heterocycles.